The predicted octanol–water partition coefficient (Wildman–Crippen LogP) is 1.13. The highest BCUT2D eigenvalue weighted by Crippen LogP contribution is 2.28. The molecule has 4 heterocycles. The van der Waals surface area contributed by atoms with Crippen molar-refractivity contribution in [1.82, 2.24) is 24.6 Å². The number of aryl methyl sites for hydroxylation is 2. The molecule has 0 aromatic carbocycles. The van der Waals surface area contributed by atoms with E-state index in [0.29, 0.717) is 6.54 Å². The predicted molar refractivity (Wildman–Crippen MR) is 111 cm³/mol. The molecule has 0 N–H and O–H groups in total. The molecule has 0 saturated carbocycles. The van der Waals surface area contributed by atoms with E-state index >= 15 is 0 Å². The number of rotatable bonds is 4. The van der Waals surface area contributed by atoms with Crippen molar-refractivity contribution >= 4 is 17.6 Å². The molecule has 0 spiro atoms. The molecule has 3 aliphatic rings. The summed E-state index contributed by atoms with van der Waals surface area (Å²) in [5.74, 6) is 3.17. The van der Waals surface area contributed by atoms with Crippen molar-refractivity contribution < 1.29 is 0 Å². The Labute approximate surface area is 169 Å². The molecular formula is C20H26N6OS. The van der Waals surface area contributed by atoms with Gasteiger partial charge in [0.15, 0.2) is 0 Å². The summed E-state index contributed by atoms with van der Waals surface area (Å²) in [5.41, 5.74) is 4.88. The first-order valence-electron chi connectivity index (χ1n) is 10.3. The van der Waals surface area contributed by atoms with Crippen molar-refractivity contribution in [3.05, 3.63) is 45.3 Å². The minimum Gasteiger partial charge on any atom is -0.354 e. The zero-order valence-corrected chi connectivity index (χ0v) is 17.0. The highest BCUT2D eigenvalue weighted by molar-refractivity contribution is 7.98. The summed E-state index contributed by atoms with van der Waals surface area (Å²) >= 11 is 1.88. The monoisotopic (exact) mass is 398 g/mol. The standard InChI is InChI=1S/C20H26N6OS/c27-19-12-15-13-28-11-4-17(15)23-26(19)10-7-24-5-8-25(9-6-24)20-16-2-1-3-18(16)21-14-22-20/h12,14H,1-11,13H2. The van der Waals surface area contributed by atoms with E-state index < -0.39 is 0 Å². The second kappa shape index (κ2) is 7.83. The Morgan fingerprint density at radius 3 is 2.79 bits per heavy atom. The van der Waals surface area contributed by atoms with Crippen molar-refractivity contribution in [2.75, 3.05) is 43.4 Å². The molecule has 2 aromatic rings. The largest absolute Gasteiger partial charge is 0.354 e. The lowest BCUT2D eigenvalue weighted by atomic mass is 10.2. The van der Waals surface area contributed by atoms with Crippen molar-refractivity contribution in [2.45, 2.75) is 38.0 Å². The van der Waals surface area contributed by atoms with E-state index in [2.05, 4.69) is 24.9 Å². The number of hydrogen-bond acceptors (Lipinski definition) is 7. The minimum absolute atomic E-state index is 0.0384. The van der Waals surface area contributed by atoms with Crippen LogP contribution in [0.3, 0.4) is 0 Å². The molecule has 28 heavy (non-hydrogen) atoms. The van der Waals surface area contributed by atoms with Gasteiger partial charge in [0.25, 0.3) is 5.56 Å². The van der Waals surface area contributed by atoms with E-state index in [4.69, 9.17) is 0 Å². The summed E-state index contributed by atoms with van der Waals surface area (Å²) in [4.78, 5) is 26.2. The van der Waals surface area contributed by atoms with Gasteiger partial charge >= 0.3 is 0 Å². The molecule has 1 aliphatic carbocycles. The zero-order chi connectivity index (χ0) is 18.9. The highest BCUT2D eigenvalue weighted by atomic mass is 32.2. The van der Waals surface area contributed by atoms with Crippen molar-refractivity contribution in [2.24, 2.45) is 0 Å². The van der Waals surface area contributed by atoms with Crippen molar-refractivity contribution in [3.8, 4) is 0 Å². The number of fused-ring (bicyclic) bond motifs is 2. The van der Waals surface area contributed by atoms with Gasteiger partial charge in [-0.15, -0.1) is 0 Å². The molecule has 0 amide bonds. The van der Waals surface area contributed by atoms with Crippen LogP contribution in [0.5, 0.6) is 0 Å². The molecule has 0 bridgehead atoms. The molecule has 0 unspecified atom stereocenters. The molecule has 0 radical (unpaired) electrons. The van der Waals surface area contributed by atoms with Crippen LogP contribution < -0.4 is 10.5 Å². The molecular weight excluding hydrogens is 372 g/mol. The maximum atomic E-state index is 12.4. The Morgan fingerprint density at radius 1 is 1.00 bits per heavy atom. The Hall–Kier alpha value is -1.93. The van der Waals surface area contributed by atoms with Crippen LogP contribution in [-0.2, 0) is 31.6 Å². The van der Waals surface area contributed by atoms with Crippen molar-refractivity contribution in [3.63, 3.8) is 0 Å². The number of piperazine rings is 1. The van der Waals surface area contributed by atoms with Crippen LogP contribution in [0, 0.1) is 0 Å². The minimum atomic E-state index is 0.0384. The first-order valence-corrected chi connectivity index (χ1v) is 11.4. The second-order valence-corrected chi connectivity index (χ2v) is 8.89. The zero-order valence-electron chi connectivity index (χ0n) is 16.1. The number of nitrogens with zero attached hydrogens (tertiary/aromatic N) is 6. The van der Waals surface area contributed by atoms with Gasteiger partial charge in [-0.25, -0.2) is 14.6 Å². The summed E-state index contributed by atoms with van der Waals surface area (Å²) in [6.07, 6.45) is 6.09. The highest BCUT2D eigenvalue weighted by Gasteiger charge is 2.24. The quantitative estimate of drug-likeness (QED) is 0.765. The molecule has 8 heteroatoms. The third-order valence-electron chi connectivity index (χ3n) is 6.06. The van der Waals surface area contributed by atoms with E-state index in [1.807, 2.05) is 11.8 Å². The number of hydrogen-bond donors (Lipinski definition) is 0. The molecule has 2 aromatic heterocycles. The molecule has 0 atom stereocenters. The van der Waals surface area contributed by atoms with Crippen LogP contribution in [0.4, 0.5) is 5.82 Å². The van der Waals surface area contributed by atoms with E-state index in [-0.39, 0.29) is 5.56 Å². The first-order chi connectivity index (χ1) is 13.8. The fourth-order valence-electron chi connectivity index (χ4n) is 4.45. The summed E-state index contributed by atoms with van der Waals surface area (Å²) in [7, 11) is 0. The van der Waals surface area contributed by atoms with Gasteiger partial charge in [0.2, 0.25) is 0 Å². The fraction of sp³-hybridized carbons (Fsp3) is 0.600. The third-order valence-corrected chi connectivity index (χ3v) is 7.06. The maximum Gasteiger partial charge on any atom is 0.267 e. The average molecular weight is 399 g/mol. The van der Waals surface area contributed by atoms with Crippen LogP contribution in [0.1, 0.15) is 28.9 Å². The Morgan fingerprint density at radius 2 is 1.89 bits per heavy atom. The lowest BCUT2D eigenvalue weighted by Crippen LogP contribution is -2.48. The Bertz CT molecular complexity index is 921. The van der Waals surface area contributed by atoms with Crippen LogP contribution in [0.25, 0.3) is 0 Å². The molecule has 5 rings (SSSR count). The van der Waals surface area contributed by atoms with Crippen LogP contribution in [0.15, 0.2) is 17.2 Å². The topological polar surface area (TPSA) is 67.2 Å². The third kappa shape index (κ3) is 3.55. The average Bonchev–Trinajstić information content (AvgIpc) is 3.22. The summed E-state index contributed by atoms with van der Waals surface area (Å²) in [6, 6.07) is 1.79. The van der Waals surface area contributed by atoms with Gasteiger partial charge in [0.05, 0.1) is 12.2 Å². The van der Waals surface area contributed by atoms with Crippen LogP contribution >= 0.6 is 11.8 Å². The van der Waals surface area contributed by atoms with Gasteiger partial charge < -0.3 is 4.90 Å². The second-order valence-electron chi connectivity index (χ2n) is 7.79. The van der Waals surface area contributed by atoms with E-state index in [1.165, 1.54) is 17.7 Å². The van der Waals surface area contributed by atoms with Gasteiger partial charge in [-0.1, -0.05) is 0 Å². The van der Waals surface area contributed by atoms with Gasteiger partial charge in [-0.3, -0.25) is 9.69 Å². The Kier molecular flexibility index (Phi) is 5.07. The normalized spacial score (nSPS) is 19.5. The van der Waals surface area contributed by atoms with Gasteiger partial charge in [-0.2, -0.15) is 16.9 Å². The maximum absolute atomic E-state index is 12.4. The first kappa shape index (κ1) is 18.1. The Balaban J connectivity index is 1.20. The van der Waals surface area contributed by atoms with Gasteiger partial charge in [-0.05, 0) is 30.6 Å². The molecule has 1 fully saturated rings. The molecule has 7 nitrogen and oxygen atoms in total. The summed E-state index contributed by atoms with van der Waals surface area (Å²) in [6.45, 7) is 5.49. The van der Waals surface area contributed by atoms with E-state index in [0.717, 1.165) is 80.6 Å². The number of anilines is 1. The van der Waals surface area contributed by atoms with Gasteiger partial charge in [0.1, 0.15) is 12.1 Å². The molecule has 148 valence electrons. The lowest BCUT2D eigenvalue weighted by Gasteiger charge is -2.36. The van der Waals surface area contributed by atoms with Crippen LogP contribution in [-0.4, -0.2) is 63.1 Å². The van der Waals surface area contributed by atoms with E-state index in [1.54, 1.807) is 17.1 Å². The molecule has 1 saturated heterocycles. The smallest absolute Gasteiger partial charge is 0.267 e. The number of thioether (sulfide) groups is 1. The van der Waals surface area contributed by atoms with Crippen LogP contribution in [0.2, 0.25) is 0 Å². The van der Waals surface area contributed by atoms with Crippen molar-refractivity contribution in [1.29, 1.82) is 0 Å². The lowest BCUT2D eigenvalue weighted by molar-refractivity contribution is 0.241. The summed E-state index contributed by atoms with van der Waals surface area (Å²) < 4.78 is 1.67. The number of aromatic nitrogens is 4. The van der Waals surface area contributed by atoms with Gasteiger partial charge in [0, 0.05) is 62.2 Å². The SMILES string of the molecule is O=c1cc2c(nn1CCN1CCN(c3ncnc4c3CCC4)CC1)CCSC2. The molecule has 2 aliphatic heterocycles. The fourth-order valence-corrected chi connectivity index (χ4v) is 5.40. The summed E-state index contributed by atoms with van der Waals surface area (Å²) in [5, 5.41) is 4.64. The van der Waals surface area contributed by atoms with E-state index in [9.17, 15) is 4.79 Å².